The molecule has 2 rings (SSSR count). The maximum absolute atomic E-state index is 11.6. The molecule has 0 aliphatic rings. The first kappa shape index (κ1) is 12.2. The van der Waals surface area contributed by atoms with Crippen LogP contribution in [-0.2, 0) is 0 Å². The summed E-state index contributed by atoms with van der Waals surface area (Å²) in [5.74, 6) is 0.990. The van der Waals surface area contributed by atoms with Crippen LogP contribution < -0.4 is 9.47 Å². The summed E-state index contributed by atoms with van der Waals surface area (Å²) in [5.41, 5.74) is 1.91. The zero-order valence-electron chi connectivity index (χ0n) is 10.3. The van der Waals surface area contributed by atoms with Crippen molar-refractivity contribution in [2.24, 2.45) is 0 Å². The van der Waals surface area contributed by atoms with Gasteiger partial charge in [-0.2, -0.15) is 0 Å². The molecule has 0 aromatic heterocycles. The molecule has 92 valence electrons. The molecule has 0 atom stereocenters. The van der Waals surface area contributed by atoms with Crippen LogP contribution >= 0.6 is 0 Å². The average molecular weight is 242 g/mol. The first-order chi connectivity index (χ1) is 8.65. The standard InChI is InChI=1S/C15H14O3/c1-11-6-5-8-13(10-11)17-15(16)18-14-9-4-3-7-12(14)2/h3-10H,1-2H3. The zero-order chi connectivity index (χ0) is 13.0. The second-order valence-corrected chi connectivity index (χ2v) is 4.04. The number of carbonyl (C=O) groups excluding carboxylic acids is 1. The van der Waals surface area contributed by atoms with Crippen LogP contribution in [0.3, 0.4) is 0 Å². The number of carbonyl (C=O) groups is 1. The molecule has 2 aromatic rings. The smallest absolute Gasteiger partial charge is 0.395 e. The minimum Gasteiger partial charge on any atom is -0.395 e. The molecule has 0 saturated carbocycles. The van der Waals surface area contributed by atoms with Crippen molar-refractivity contribution in [1.29, 1.82) is 0 Å². The Morgan fingerprint density at radius 3 is 2.44 bits per heavy atom. The summed E-state index contributed by atoms with van der Waals surface area (Å²) in [5, 5.41) is 0. The van der Waals surface area contributed by atoms with Gasteiger partial charge < -0.3 is 9.47 Å². The topological polar surface area (TPSA) is 35.5 Å². The largest absolute Gasteiger partial charge is 0.519 e. The highest BCUT2D eigenvalue weighted by Gasteiger charge is 2.09. The van der Waals surface area contributed by atoms with Crippen LogP contribution in [0.2, 0.25) is 0 Å². The molecule has 3 heteroatoms. The molecule has 18 heavy (non-hydrogen) atoms. The van der Waals surface area contributed by atoms with Crippen LogP contribution in [0.15, 0.2) is 48.5 Å². The molecule has 2 aromatic carbocycles. The molecule has 0 amide bonds. The molecule has 0 N–H and O–H groups in total. The highest BCUT2D eigenvalue weighted by molar-refractivity contribution is 5.67. The van der Waals surface area contributed by atoms with Gasteiger partial charge in [0.05, 0.1) is 0 Å². The molecule has 0 bridgehead atoms. The highest BCUT2D eigenvalue weighted by atomic mass is 16.7. The second kappa shape index (κ2) is 5.36. The number of hydrogen-bond donors (Lipinski definition) is 0. The van der Waals surface area contributed by atoms with Crippen molar-refractivity contribution in [3.63, 3.8) is 0 Å². The number of aryl methyl sites for hydroxylation is 2. The number of rotatable bonds is 2. The lowest BCUT2D eigenvalue weighted by atomic mass is 10.2. The van der Waals surface area contributed by atoms with Gasteiger partial charge in [0.15, 0.2) is 0 Å². The first-order valence-corrected chi connectivity index (χ1v) is 5.67. The quantitative estimate of drug-likeness (QED) is 0.592. The molecule has 3 nitrogen and oxygen atoms in total. The van der Waals surface area contributed by atoms with E-state index >= 15 is 0 Å². The van der Waals surface area contributed by atoms with Gasteiger partial charge in [-0.05, 0) is 43.2 Å². The van der Waals surface area contributed by atoms with E-state index in [1.54, 1.807) is 18.2 Å². The van der Waals surface area contributed by atoms with Gasteiger partial charge in [-0.3, -0.25) is 0 Å². The normalized spacial score (nSPS) is 9.89. The monoisotopic (exact) mass is 242 g/mol. The lowest BCUT2D eigenvalue weighted by molar-refractivity contribution is 0.151. The lowest BCUT2D eigenvalue weighted by Gasteiger charge is -2.07. The summed E-state index contributed by atoms with van der Waals surface area (Å²) < 4.78 is 10.2. The Balaban J connectivity index is 2.03. The third-order valence-corrected chi connectivity index (χ3v) is 2.48. The van der Waals surface area contributed by atoms with Gasteiger partial charge in [-0.15, -0.1) is 0 Å². The molecule has 0 fully saturated rings. The van der Waals surface area contributed by atoms with E-state index in [9.17, 15) is 4.79 Å². The zero-order valence-corrected chi connectivity index (χ0v) is 10.3. The van der Waals surface area contributed by atoms with Crippen molar-refractivity contribution < 1.29 is 14.3 Å². The van der Waals surface area contributed by atoms with Crippen molar-refractivity contribution in [2.45, 2.75) is 13.8 Å². The van der Waals surface area contributed by atoms with E-state index in [2.05, 4.69) is 0 Å². The predicted octanol–water partition coefficient (Wildman–Crippen LogP) is 3.88. The van der Waals surface area contributed by atoms with E-state index in [1.165, 1.54) is 0 Å². The molecule has 0 spiro atoms. The van der Waals surface area contributed by atoms with E-state index < -0.39 is 6.16 Å². The molecule has 0 aliphatic carbocycles. The van der Waals surface area contributed by atoms with Crippen molar-refractivity contribution in [3.8, 4) is 11.5 Å². The lowest BCUT2D eigenvalue weighted by Crippen LogP contribution is -2.14. The maximum Gasteiger partial charge on any atom is 0.519 e. The van der Waals surface area contributed by atoms with Gasteiger partial charge in [-0.25, -0.2) is 4.79 Å². The summed E-state index contributed by atoms with van der Waals surface area (Å²) in [6.45, 7) is 3.80. The van der Waals surface area contributed by atoms with Gasteiger partial charge in [0, 0.05) is 0 Å². The maximum atomic E-state index is 11.6. The minimum absolute atomic E-state index is 0.480. The van der Waals surface area contributed by atoms with Gasteiger partial charge >= 0.3 is 6.16 Å². The Kier molecular flexibility index (Phi) is 3.63. The summed E-state index contributed by atoms with van der Waals surface area (Å²) in [7, 11) is 0. The summed E-state index contributed by atoms with van der Waals surface area (Å²) in [6.07, 6.45) is -0.727. The van der Waals surface area contributed by atoms with E-state index in [1.807, 2.05) is 44.2 Å². The Bertz CT molecular complexity index is 561. The molecule has 0 aliphatic heterocycles. The van der Waals surface area contributed by atoms with E-state index in [0.717, 1.165) is 11.1 Å². The van der Waals surface area contributed by atoms with Crippen LogP contribution in [0.5, 0.6) is 11.5 Å². The molecular formula is C15H14O3. The first-order valence-electron chi connectivity index (χ1n) is 5.67. The highest BCUT2D eigenvalue weighted by Crippen LogP contribution is 2.18. The van der Waals surface area contributed by atoms with Crippen LogP contribution in [0.1, 0.15) is 11.1 Å². The van der Waals surface area contributed by atoms with Gasteiger partial charge in [-0.1, -0.05) is 30.3 Å². The number of ether oxygens (including phenoxy) is 2. The minimum atomic E-state index is -0.727. The second-order valence-electron chi connectivity index (χ2n) is 4.04. The van der Waals surface area contributed by atoms with Gasteiger partial charge in [0.25, 0.3) is 0 Å². The Morgan fingerprint density at radius 1 is 0.944 bits per heavy atom. The molecular weight excluding hydrogens is 228 g/mol. The number of para-hydroxylation sites is 1. The molecule has 0 unspecified atom stereocenters. The van der Waals surface area contributed by atoms with Crippen molar-refractivity contribution in [3.05, 3.63) is 59.7 Å². The van der Waals surface area contributed by atoms with E-state index in [0.29, 0.717) is 11.5 Å². The Morgan fingerprint density at radius 2 is 1.72 bits per heavy atom. The summed E-state index contributed by atoms with van der Waals surface area (Å²) >= 11 is 0. The van der Waals surface area contributed by atoms with Gasteiger partial charge in [0.1, 0.15) is 11.5 Å². The fourth-order valence-electron chi connectivity index (χ4n) is 1.56. The van der Waals surface area contributed by atoms with Crippen LogP contribution in [-0.4, -0.2) is 6.16 Å². The average Bonchev–Trinajstić information content (AvgIpc) is 2.32. The van der Waals surface area contributed by atoms with E-state index in [-0.39, 0.29) is 0 Å². The van der Waals surface area contributed by atoms with Crippen LogP contribution in [0.25, 0.3) is 0 Å². The van der Waals surface area contributed by atoms with Crippen molar-refractivity contribution in [1.82, 2.24) is 0 Å². The Hall–Kier alpha value is -2.29. The van der Waals surface area contributed by atoms with E-state index in [4.69, 9.17) is 9.47 Å². The van der Waals surface area contributed by atoms with Crippen LogP contribution in [0.4, 0.5) is 4.79 Å². The van der Waals surface area contributed by atoms with Gasteiger partial charge in [0.2, 0.25) is 0 Å². The fourth-order valence-corrected chi connectivity index (χ4v) is 1.56. The van der Waals surface area contributed by atoms with Crippen LogP contribution in [0, 0.1) is 13.8 Å². The number of benzene rings is 2. The number of hydrogen-bond acceptors (Lipinski definition) is 3. The Labute approximate surface area is 106 Å². The van der Waals surface area contributed by atoms with Crippen molar-refractivity contribution >= 4 is 6.16 Å². The predicted molar refractivity (Wildman–Crippen MR) is 69.0 cm³/mol. The third kappa shape index (κ3) is 3.10. The molecule has 0 radical (unpaired) electrons. The SMILES string of the molecule is Cc1cccc(OC(=O)Oc2ccccc2C)c1. The summed E-state index contributed by atoms with van der Waals surface area (Å²) in [4.78, 5) is 11.6. The molecule has 0 saturated heterocycles. The molecule has 0 heterocycles. The third-order valence-electron chi connectivity index (χ3n) is 2.48. The summed E-state index contributed by atoms with van der Waals surface area (Å²) in [6, 6.07) is 14.5. The van der Waals surface area contributed by atoms with Crippen molar-refractivity contribution in [2.75, 3.05) is 0 Å². The fraction of sp³-hybridized carbons (Fsp3) is 0.133.